The average molecular weight is 337 g/mol. The molecule has 1 aliphatic rings. The van der Waals surface area contributed by atoms with Gasteiger partial charge >= 0.3 is 0 Å². The molecule has 0 aromatic heterocycles. The first-order valence-electron chi connectivity index (χ1n) is 8.06. The lowest BCUT2D eigenvalue weighted by Gasteiger charge is -2.31. The van der Waals surface area contributed by atoms with Crippen LogP contribution in [-0.2, 0) is 4.79 Å². The van der Waals surface area contributed by atoms with Crippen molar-refractivity contribution >= 4 is 23.6 Å². The molecule has 5 heteroatoms. The Balaban J connectivity index is 1.87. The Morgan fingerprint density at radius 3 is 2.78 bits per heavy atom. The number of piperidine rings is 1. The molecule has 23 heavy (non-hydrogen) atoms. The molecule has 1 fully saturated rings. The van der Waals surface area contributed by atoms with E-state index in [1.807, 2.05) is 6.08 Å². The van der Waals surface area contributed by atoms with E-state index in [2.05, 4.69) is 17.1 Å². The summed E-state index contributed by atoms with van der Waals surface area (Å²) in [7, 11) is 1.69. The van der Waals surface area contributed by atoms with Crippen LogP contribution < -0.4 is 5.32 Å². The predicted molar refractivity (Wildman–Crippen MR) is 94.6 cm³/mol. The van der Waals surface area contributed by atoms with E-state index in [1.165, 1.54) is 5.57 Å². The van der Waals surface area contributed by atoms with Crippen molar-refractivity contribution in [2.24, 2.45) is 5.92 Å². The molecule has 0 aliphatic carbocycles. The number of hydrogen-bond donors (Lipinski definition) is 2. The summed E-state index contributed by atoms with van der Waals surface area (Å²) in [5, 5.41) is 13.2. The van der Waals surface area contributed by atoms with Crippen LogP contribution in [0.25, 0.3) is 6.08 Å². The molecule has 126 valence electrons. The second-order valence-electron chi connectivity index (χ2n) is 6.29. The third-order valence-electron chi connectivity index (χ3n) is 4.32. The molecule has 0 radical (unpaired) electrons. The first kappa shape index (κ1) is 17.8. The van der Waals surface area contributed by atoms with E-state index in [0.717, 1.165) is 38.0 Å². The van der Waals surface area contributed by atoms with Gasteiger partial charge in [0.2, 0.25) is 5.91 Å². The summed E-state index contributed by atoms with van der Waals surface area (Å²) in [6, 6.07) is 5.07. The van der Waals surface area contributed by atoms with E-state index in [-0.39, 0.29) is 11.7 Å². The third kappa shape index (κ3) is 5.56. The smallest absolute Gasteiger partial charge is 0.220 e. The van der Waals surface area contributed by atoms with Crippen LogP contribution in [0.1, 0.15) is 31.7 Å². The lowest BCUT2D eigenvalue weighted by Crippen LogP contribution is -2.36. The summed E-state index contributed by atoms with van der Waals surface area (Å²) < 4.78 is 0. The normalized spacial score (nSPS) is 17.3. The van der Waals surface area contributed by atoms with Gasteiger partial charge in [-0.15, -0.1) is 0 Å². The maximum absolute atomic E-state index is 11.4. The standard InChI is InChI=1S/C18H25ClN2O2/c1-13(9-15-11-16(19)3-4-17(15)22)12-21-7-5-14(6-8-21)10-18(23)20-2/h3-4,9,11,14,22H,5-8,10,12H2,1-2H3,(H,20,23). The summed E-state index contributed by atoms with van der Waals surface area (Å²) in [4.78, 5) is 13.8. The second-order valence-corrected chi connectivity index (χ2v) is 6.73. The second kappa shape index (κ2) is 8.37. The van der Waals surface area contributed by atoms with Crippen molar-refractivity contribution in [3.05, 3.63) is 34.4 Å². The fourth-order valence-corrected chi connectivity index (χ4v) is 3.20. The third-order valence-corrected chi connectivity index (χ3v) is 4.56. The highest BCUT2D eigenvalue weighted by molar-refractivity contribution is 6.30. The van der Waals surface area contributed by atoms with Crippen LogP contribution in [0.5, 0.6) is 5.75 Å². The summed E-state index contributed by atoms with van der Waals surface area (Å²) in [5.74, 6) is 0.876. The SMILES string of the molecule is CNC(=O)CC1CCN(CC(C)=Cc2cc(Cl)ccc2O)CC1. The number of phenolic OH excluding ortho intramolecular Hbond substituents is 1. The molecule has 4 nitrogen and oxygen atoms in total. The molecule has 0 bridgehead atoms. The van der Waals surface area contributed by atoms with Crippen LogP contribution in [0, 0.1) is 5.92 Å². The predicted octanol–water partition coefficient (Wildman–Crippen LogP) is 3.30. The zero-order chi connectivity index (χ0) is 16.8. The Morgan fingerprint density at radius 2 is 2.13 bits per heavy atom. The monoisotopic (exact) mass is 336 g/mol. The Labute approximate surface area is 143 Å². The number of likely N-dealkylation sites (tertiary alicyclic amines) is 1. The highest BCUT2D eigenvalue weighted by Gasteiger charge is 2.21. The molecule has 0 spiro atoms. The van der Waals surface area contributed by atoms with Crippen molar-refractivity contribution in [1.82, 2.24) is 10.2 Å². The van der Waals surface area contributed by atoms with Gasteiger partial charge in [-0.3, -0.25) is 9.69 Å². The summed E-state index contributed by atoms with van der Waals surface area (Å²) in [6.07, 6.45) is 4.74. The molecule has 2 rings (SSSR count). The van der Waals surface area contributed by atoms with Gasteiger partial charge in [-0.05, 0) is 57.0 Å². The van der Waals surface area contributed by atoms with E-state index >= 15 is 0 Å². The topological polar surface area (TPSA) is 52.6 Å². The molecule has 0 unspecified atom stereocenters. The van der Waals surface area contributed by atoms with Gasteiger partial charge in [0.1, 0.15) is 5.75 Å². The van der Waals surface area contributed by atoms with Crippen molar-refractivity contribution < 1.29 is 9.90 Å². The molecular formula is C18H25ClN2O2. The van der Waals surface area contributed by atoms with Gasteiger partial charge in [0, 0.05) is 30.6 Å². The highest BCUT2D eigenvalue weighted by atomic mass is 35.5. The molecular weight excluding hydrogens is 312 g/mol. The van der Waals surface area contributed by atoms with Gasteiger partial charge in [0.05, 0.1) is 0 Å². The Kier molecular flexibility index (Phi) is 6.48. The molecule has 1 amide bonds. The summed E-state index contributed by atoms with van der Waals surface area (Å²) in [6.45, 7) is 4.96. The first-order chi connectivity index (χ1) is 11.0. The van der Waals surface area contributed by atoms with Gasteiger partial charge in [0.25, 0.3) is 0 Å². The van der Waals surface area contributed by atoms with E-state index in [1.54, 1.807) is 25.2 Å². The van der Waals surface area contributed by atoms with Crippen molar-refractivity contribution in [1.29, 1.82) is 0 Å². The molecule has 1 aliphatic heterocycles. The van der Waals surface area contributed by atoms with Gasteiger partial charge in [0.15, 0.2) is 0 Å². The van der Waals surface area contributed by atoms with E-state index in [9.17, 15) is 9.90 Å². The van der Waals surface area contributed by atoms with Gasteiger partial charge in [-0.2, -0.15) is 0 Å². The van der Waals surface area contributed by atoms with E-state index in [0.29, 0.717) is 17.4 Å². The van der Waals surface area contributed by atoms with Gasteiger partial charge in [-0.25, -0.2) is 0 Å². The van der Waals surface area contributed by atoms with Crippen LogP contribution in [-0.4, -0.2) is 42.6 Å². The van der Waals surface area contributed by atoms with Crippen LogP contribution in [0.15, 0.2) is 23.8 Å². The molecule has 0 atom stereocenters. The highest BCUT2D eigenvalue weighted by Crippen LogP contribution is 2.25. The number of aromatic hydroxyl groups is 1. The Morgan fingerprint density at radius 1 is 1.43 bits per heavy atom. The Bertz CT molecular complexity index is 578. The lowest BCUT2D eigenvalue weighted by atomic mass is 9.93. The molecule has 2 N–H and O–H groups in total. The molecule has 1 aromatic rings. The number of phenols is 1. The number of hydrogen-bond acceptors (Lipinski definition) is 3. The number of carbonyl (C=O) groups excluding carboxylic acids is 1. The van der Waals surface area contributed by atoms with E-state index in [4.69, 9.17) is 11.6 Å². The first-order valence-corrected chi connectivity index (χ1v) is 8.44. The van der Waals surface area contributed by atoms with Crippen molar-refractivity contribution in [2.75, 3.05) is 26.7 Å². The quantitative estimate of drug-likeness (QED) is 0.867. The fourth-order valence-electron chi connectivity index (χ4n) is 3.02. The number of nitrogens with zero attached hydrogens (tertiary/aromatic N) is 1. The van der Waals surface area contributed by atoms with Crippen LogP contribution >= 0.6 is 11.6 Å². The molecule has 1 saturated heterocycles. The zero-order valence-corrected chi connectivity index (χ0v) is 14.6. The Hall–Kier alpha value is -1.52. The zero-order valence-electron chi connectivity index (χ0n) is 13.8. The van der Waals surface area contributed by atoms with Crippen LogP contribution in [0.4, 0.5) is 0 Å². The number of halogens is 1. The van der Waals surface area contributed by atoms with Crippen LogP contribution in [0.3, 0.4) is 0 Å². The lowest BCUT2D eigenvalue weighted by molar-refractivity contribution is -0.121. The van der Waals surface area contributed by atoms with Gasteiger partial charge < -0.3 is 10.4 Å². The van der Waals surface area contributed by atoms with Crippen molar-refractivity contribution in [3.63, 3.8) is 0 Å². The number of benzene rings is 1. The molecule has 0 saturated carbocycles. The maximum atomic E-state index is 11.4. The van der Waals surface area contributed by atoms with Crippen molar-refractivity contribution in [2.45, 2.75) is 26.2 Å². The van der Waals surface area contributed by atoms with Crippen molar-refractivity contribution in [3.8, 4) is 5.75 Å². The fraction of sp³-hybridized carbons (Fsp3) is 0.500. The average Bonchev–Trinajstić information content (AvgIpc) is 2.52. The number of carbonyl (C=O) groups is 1. The summed E-state index contributed by atoms with van der Waals surface area (Å²) in [5.41, 5.74) is 1.94. The minimum Gasteiger partial charge on any atom is -0.507 e. The molecule has 1 heterocycles. The minimum absolute atomic E-state index is 0.135. The van der Waals surface area contributed by atoms with E-state index < -0.39 is 0 Å². The van der Waals surface area contributed by atoms with Crippen LogP contribution in [0.2, 0.25) is 5.02 Å². The number of nitrogens with one attached hydrogen (secondary N) is 1. The summed E-state index contributed by atoms with van der Waals surface area (Å²) >= 11 is 5.98. The number of amides is 1. The largest absolute Gasteiger partial charge is 0.507 e. The molecule has 1 aromatic carbocycles. The number of rotatable bonds is 5. The minimum atomic E-state index is 0.135. The maximum Gasteiger partial charge on any atom is 0.220 e. The van der Waals surface area contributed by atoms with Gasteiger partial charge in [-0.1, -0.05) is 23.3 Å².